The molecule has 0 saturated heterocycles. The van der Waals surface area contributed by atoms with Crippen LogP contribution in [0.1, 0.15) is 32.1 Å². The van der Waals surface area contributed by atoms with Gasteiger partial charge in [0.05, 0.1) is 0 Å². The molecule has 0 aliphatic heterocycles. The summed E-state index contributed by atoms with van der Waals surface area (Å²) >= 11 is 7.93. The van der Waals surface area contributed by atoms with Crippen LogP contribution in [0.2, 0.25) is 5.02 Å². The zero-order valence-electron chi connectivity index (χ0n) is 11.0. The standard InChI is InChI=1S/C15H22ClNS/c1-17-15(12-6-3-2-4-7-12)11-18-14-9-5-8-13(16)10-14/h5,8-10,12,15,17H,2-4,6-7,11H2,1H3. The van der Waals surface area contributed by atoms with E-state index >= 15 is 0 Å². The first-order chi connectivity index (χ1) is 8.79. The highest BCUT2D eigenvalue weighted by Gasteiger charge is 2.22. The van der Waals surface area contributed by atoms with Gasteiger partial charge in [-0.2, -0.15) is 0 Å². The summed E-state index contributed by atoms with van der Waals surface area (Å²) in [6.07, 6.45) is 7.02. The number of nitrogens with one attached hydrogen (secondary N) is 1. The quantitative estimate of drug-likeness (QED) is 0.793. The first kappa shape index (κ1) is 14.2. The smallest absolute Gasteiger partial charge is 0.0417 e. The molecule has 1 aromatic rings. The van der Waals surface area contributed by atoms with Crippen molar-refractivity contribution < 1.29 is 0 Å². The van der Waals surface area contributed by atoms with Gasteiger partial charge in [-0.25, -0.2) is 0 Å². The number of benzene rings is 1. The first-order valence-corrected chi connectivity index (χ1v) is 8.21. The molecule has 100 valence electrons. The van der Waals surface area contributed by atoms with Crippen LogP contribution in [-0.2, 0) is 0 Å². The zero-order chi connectivity index (χ0) is 12.8. The third-order valence-corrected chi connectivity index (χ3v) is 5.16. The van der Waals surface area contributed by atoms with Crippen LogP contribution in [0.4, 0.5) is 0 Å². The van der Waals surface area contributed by atoms with Crippen molar-refractivity contribution in [1.29, 1.82) is 0 Å². The van der Waals surface area contributed by atoms with Crippen molar-refractivity contribution in [1.82, 2.24) is 5.32 Å². The van der Waals surface area contributed by atoms with Crippen molar-refractivity contribution in [3.05, 3.63) is 29.3 Å². The Labute approximate surface area is 120 Å². The molecular formula is C15H22ClNS. The lowest BCUT2D eigenvalue weighted by atomic mass is 9.84. The van der Waals surface area contributed by atoms with Crippen LogP contribution in [0.25, 0.3) is 0 Å². The Morgan fingerprint density at radius 3 is 2.78 bits per heavy atom. The number of hydrogen-bond acceptors (Lipinski definition) is 2. The molecule has 2 rings (SSSR count). The summed E-state index contributed by atoms with van der Waals surface area (Å²) in [4.78, 5) is 1.28. The van der Waals surface area contributed by atoms with E-state index in [1.807, 2.05) is 23.9 Å². The second-order valence-electron chi connectivity index (χ2n) is 5.06. The Morgan fingerprint density at radius 1 is 1.33 bits per heavy atom. The van der Waals surface area contributed by atoms with E-state index in [9.17, 15) is 0 Å². The van der Waals surface area contributed by atoms with Gasteiger partial charge in [-0.1, -0.05) is 36.9 Å². The fourth-order valence-corrected chi connectivity index (χ4v) is 4.19. The third kappa shape index (κ3) is 4.18. The SMILES string of the molecule is CNC(CSc1cccc(Cl)c1)C1CCCCC1. The zero-order valence-corrected chi connectivity index (χ0v) is 12.6. The van der Waals surface area contributed by atoms with Gasteiger partial charge in [-0.3, -0.25) is 0 Å². The summed E-state index contributed by atoms with van der Waals surface area (Å²) in [5.41, 5.74) is 0. The Morgan fingerprint density at radius 2 is 2.11 bits per heavy atom. The predicted molar refractivity (Wildman–Crippen MR) is 81.6 cm³/mol. The van der Waals surface area contributed by atoms with Gasteiger partial charge in [0.2, 0.25) is 0 Å². The molecule has 1 fully saturated rings. The van der Waals surface area contributed by atoms with Gasteiger partial charge in [0.1, 0.15) is 0 Å². The molecule has 1 aliphatic carbocycles. The van der Waals surface area contributed by atoms with Crippen molar-refractivity contribution in [3.63, 3.8) is 0 Å². The van der Waals surface area contributed by atoms with E-state index in [0.29, 0.717) is 6.04 Å². The molecule has 0 radical (unpaired) electrons. The number of thioether (sulfide) groups is 1. The van der Waals surface area contributed by atoms with Crippen molar-refractivity contribution in [2.75, 3.05) is 12.8 Å². The van der Waals surface area contributed by atoms with Crippen LogP contribution in [-0.4, -0.2) is 18.8 Å². The maximum absolute atomic E-state index is 6.01. The Balaban J connectivity index is 1.86. The second-order valence-corrected chi connectivity index (χ2v) is 6.59. The van der Waals surface area contributed by atoms with E-state index < -0.39 is 0 Å². The lowest BCUT2D eigenvalue weighted by Gasteiger charge is -2.29. The van der Waals surface area contributed by atoms with Gasteiger partial charge in [-0.15, -0.1) is 11.8 Å². The number of rotatable bonds is 5. The minimum absolute atomic E-state index is 0.634. The summed E-state index contributed by atoms with van der Waals surface area (Å²) in [7, 11) is 2.10. The van der Waals surface area contributed by atoms with E-state index in [0.717, 1.165) is 16.7 Å². The summed E-state index contributed by atoms with van der Waals surface area (Å²) in [5, 5.41) is 4.33. The molecule has 18 heavy (non-hydrogen) atoms. The van der Waals surface area contributed by atoms with Crippen LogP contribution >= 0.6 is 23.4 Å². The van der Waals surface area contributed by atoms with E-state index in [-0.39, 0.29) is 0 Å². The summed E-state index contributed by atoms with van der Waals surface area (Å²) in [6.45, 7) is 0. The molecule has 0 heterocycles. The van der Waals surface area contributed by atoms with Gasteiger partial charge in [-0.05, 0) is 44.0 Å². The van der Waals surface area contributed by atoms with Gasteiger partial charge < -0.3 is 5.32 Å². The highest BCUT2D eigenvalue weighted by Crippen LogP contribution is 2.30. The largest absolute Gasteiger partial charge is 0.316 e. The normalized spacial score (nSPS) is 18.8. The minimum Gasteiger partial charge on any atom is -0.316 e. The molecule has 1 aromatic carbocycles. The predicted octanol–water partition coefficient (Wildman–Crippen LogP) is 4.60. The van der Waals surface area contributed by atoms with Gasteiger partial charge in [0.25, 0.3) is 0 Å². The third-order valence-electron chi connectivity index (χ3n) is 3.82. The first-order valence-electron chi connectivity index (χ1n) is 6.85. The molecule has 1 N–H and O–H groups in total. The van der Waals surface area contributed by atoms with Crippen LogP contribution in [0.3, 0.4) is 0 Å². The van der Waals surface area contributed by atoms with Crippen LogP contribution in [0, 0.1) is 5.92 Å². The Kier molecular flexibility index (Phi) is 5.87. The molecule has 0 aromatic heterocycles. The summed E-state index contributed by atoms with van der Waals surface area (Å²) in [6, 6.07) is 8.79. The monoisotopic (exact) mass is 283 g/mol. The molecule has 1 atom stereocenters. The second kappa shape index (κ2) is 7.42. The highest BCUT2D eigenvalue weighted by molar-refractivity contribution is 7.99. The van der Waals surface area contributed by atoms with Gasteiger partial charge >= 0.3 is 0 Å². The number of hydrogen-bond donors (Lipinski definition) is 1. The molecule has 1 unspecified atom stereocenters. The van der Waals surface area contributed by atoms with Gasteiger partial charge in [0, 0.05) is 21.7 Å². The maximum atomic E-state index is 6.01. The molecule has 0 spiro atoms. The Hall–Kier alpha value is -0.180. The molecule has 3 heteroatoms. The topological polar surface area (TPSA) is 12.0 Å². The fourth-order valence-electron chi connectivity index (χ4n) is 2.73. The molecule has 1 nitrogen and oxygen atoms in total. The molecule has 1 aliphatic rings. The average Bonchev–Trinajstić information content (AvgIpc) is 2.41. The van der Waals surface area contributed by atoms with Crippen molar-refractivity contribution >= 4 is 23.4 Å². The lowest BCUT2D eigenvalue weighted by Crippen LogP contribution is -2.36. The van der Waals surface area contributed by atoms with Crippen LogP contribution in [0.15, 0.2) is 29.2 Å². The van der Waals surface area contributed by atoms with Crippen molar-refractivity contribution in [3.8, 4) is 0 Å². The summed E-state index contributed by atoms with van der Waals surface area (Å²) < 4.78 is 0. The van der Waals surface area contributed by atoms with E-state index in [2.05, 4.69) is 24.5 Å². The van der Waals surface area contributed by atoms with E-state index in [1.165, 1.54) is 37.0 Å². The molecular weight excluding hydrogens is 262 g/mol. The highest BCUT2D eigenvalue weighted by atomic mass is 35.5. The molecule has 0 amide bonds. The molecule has 1 saturated carbocycles. The van der Waals surface area contributed by atoms with Crippen molar-refractivity contribution in [2.45, 2.75) is 43.0 Å². The number of halogens is 1. The van der Waals surface area contributed by atoms with E-state index in [4.69, 9.17) is 11.6 Å². The Bertz CT molecular complexity index is 363. The molecule has 0 bridgehead atoms. The average molecular weight is 284 g/mol. The minimum atomic E-state index is 0.634. The van der Waals surface area contributed by atoms with Gasteiger partial charge in [0.15, 0.2) is 0 Å². The van der Waals surface area contributed by atoms with Crippen LogP contribution in [0.5, 0.6) is 0 Å². The fraction of sp³-hybridized carbons (Fsp3) is 0.600. The lowest BCUT2D eigenvalue weighted by molar-refractivity contribution is 0.294. The maximum Gasteiger partial charge on any atom is 0.0417 e. The van der Waals surface area contributed by atoms with E-state index in [1.54, 1.807) is 0 Å². The van der Waals surface area contributed by atoms with Crippen LogP contribution < -0.4 is 5.32 Å². The summed E-state index contributed by atoms with van der Waals surface area (Å²) in [5.74, 6) is 2.00. The van der Waals surface area contributed by atoms with Crippen molar-refractivity contribution in [2.24, 2.45) is 5.92 Å².